The van der Waals surface area contributed by atoms with Gasteiger partial charge in [0.05, 0.1) is 17.4 Å². The minimum atomic E-state index is -3.03. The molecule has 0 amide bonds. The Balaban J connectivity index is 1.50. The van der Waals surface area contributed by atoms with Gasteiger partial charge in [-0.2, -0.15) is 4.98 Å². The van der Waals surface area contributed by atoms with Crippen molar-refractivity contribution < 1.29 is 13.2 Å². The standard InChI is InChI=1S/C20H26N6O3S/c1-29-16-5-9-26(10-6-16)20-21-7-3-18(24-20)23-19-13-17-15(14-22-19)4-8-25(17)11-12-30(2,27)28/h3-4,7-8,13-14,16H,5-6,9-12H2,1-2H3,(H,21,22,23,24). The first kappa shape index (κ1) is 20.5. The summed E-state index contributed by atoms with van der Waals surface area (Å²) in [7, 11) is -1.28. The molecule has 1 N–H and O–H groups in total. The summed E-state index contributed by atoms with van der Waals surface area (Å²) in [5.74, 6) is 2.09. The summed E-state index contributed by atoms with van der Waals surface area (Å²) in [6, 6.07) is 5.64. The molecule has 160 valence electrons. The van der Waals surface area contributed by atoms with Crippen LogP contribution in [0.1, 0.15) is 12.8 Å². The summed E-state index contributed by atoms with van der Waals surface area (Å²) >= 11 is 0. The summed E-state index contributed by atoms with van der Waals surface area (Å²) in [5.41, 5.74) is 0.923. The highest BCUT2D eigenvalue weighted by molar-refractivity contribution is 7.90. The third-order valence-electron chi connectivity index (χ3n) is 5.32. The van der Waals surface area contributed by atoms with Gasteiger partial charge in [0.15, 0.2) is 0 Å². The number of pyridine rings is 1. The largest absolute Gasteiger partial charge is 0.381 e. The lowest BCUT2D eigenvalue weighted by Gasteiger charge is -2.31. The van der Waals surface area contributed by atoms with Crippen LogP contribution >= 0.6 is 0 Å². The number of hydrogen-bond acceptors (Lipinski definition) is 8. The maximum Gasteiger partial charge on any atom is 0.227 e. The Labute approximate surface area is 176 Å². The van der Waals surface area contributed by atoms with Crippen LogP contribution in [-0.4, -0.2) is 66.2 Å². The van der Waals surface area contributed by atoms with Gasteiger partial charge in [0, 0.05) is 63.0 Å². The average Bonchev–Trinajstić information content (AvgIpc) is 3.14. The van der Waals surface area contributed by atoms with E-state index in [9.17, 15) is 8.42 Å². The molecule has 0 aromatic carbocycles. The van der Waals surface area contributed by atoms with Crippen LogP contribution in [0.3, 0.4) is 0 Å². The molecule has 3 aromatic rings. The zero-order chi connectivity index (χ0) is 21.1. The van der Waals surface area contributed by atoms with Crippen LogP contribution in [0.2, 0.25) is 0 Å². The molecule has 1 aliphatic rings. The lowest BCUT2D eigenvalue weighted by molar-refractivity contribution is 0.0816. The number of methoxy groups -OCH3 is 1. The summed E-state index contributed by atoms with van der Waals surface area (Å²) in [6.45, 7) is 2.13. The zero-order valence-corrected chi connectivity index (χ0v) is 18.0. The number of aryl methyl sites for hydroxylation is 1. The predicted molar refractivity (Wildman–Crippen MR) is 117 cm³/mol. The van der Waals surface area contributed by atoms with Crippen LogP contribution in [0.25, 0.3) is 10.9 Å². The van der Waals surface area contributed by atoms with Crippen LogP contribution < -0.4 is 10.2 Å². The molecule has 9 nitrogen and oxygen atoms in total. The number of aromatic nitrogens is 4. The SMILES string of the molecule is COC1CCN(c2nccc(Nc3cc4c(ccn4CCS(C)(=O)=O)cn3)n2)CC1. The molecule has 0 saturated carbocycles. The van der Waals surface area contributed by atoms with Crippen LogP contribution in [-0.2, 0) is 21.1 Å². The third-order valence-corrected chi connectivity index (χ3v) is 6.24. The number of anilines is 3. The highest BCUT2D eigenvalue weighted by atomic mass is 32.2. The van der Waals surface area contributed by atoms with E-state index in [2.05, 4.69) is 25.2 Å². The van der Waals surface area contributed by atoms with Crippen molar-refractivity contribution in [2.45, 2.75) is 25.5 Å². The van der Waals surface area contributed by atoms with Gasteiger partial charge in [0.2, 0.25) is 5.95 Å². The molecule has 0 unspecified atom stereocenters. The second-order valence-corrected chi connectivity index (χ2v) is 9.82. The minimum Gasteiger partial charge on any atom is -0.381 e. The van der Waals surface area contributed by atoms with Gasteiger partial charge in [-0.25, -0.2) is 18.4 Å². The number of rotatable bonds is 7. The Kier molecular flexibility index (Phi) is 5.87. The monoisotopic (exact) mass is 430 g/mol. The molecule has 1 saturated heterocycles. The van der Waals surface area contributed by atoms with E-state index in [0.717, 1.165) is 36.8 Å². The van der Waals surface area contributed by atoms with Gasteiger partial charge in [-0.15, -0.1) is 0 Å². The van der Waals surface area contributed by atoms with E-state index in [1.54, 1.807) is 25.6 Å². The number of ether oxygens (including phenoxy) is 1. The van der Waals surface area contributed by atoms with Gasteiger partial charge in [0.25, 0.3) is 0 Å². The van der Waals surface area contributed by atoms with Crippen molar-refractivity contribution in [2.24, 2.45) is 0 Å². The van der Waals surface area contributed by atoms with Crippen molar-refractivity contribution in [3.8, 4) is 0 Å². The molecular formula is C20H26N6O3S. The first-order chi connectivity index (χ1) is 14.4. The lowest BCUT2D eigenvalue weighted by Crippen LogP contribution is -2.37. The van der Waals surface area contributed by atoms with Gasteiger partial charge in [-0.3, -0.25) is 0 Å². The Bertz CT molecular complexity index is 1120. The molecule has 0 radical (unpaired) electrons. The zero-order valence-electron chi connectivity index (χ0n) is 17.2. The highest BCUT2D eigenvalue weighted by Crippen LogP contribution is 2.22. The topological polar surface area (TPSA) is 102 Å². The number of piperidine rings is 1. The van der Waals surface area contributed by atoms with Crippen molar-refractivity contribution >= 4 is 38.3 Å². The molecule has 10 heteroatoms. The fourth-order valence-electron chi connectivity index (χ4n) is 3.60. The fourth-order valence-corrected chi connectivity index (χ4v) is 4.13. The van der Waals surface area contributed by atoms with Gasteiger partial charge in [0.1, 0.15) is 21.5 Å². The van der Waals surface area contributed by atoms with E-state index in [1.807, 2.05) is 22.9 Å². The molecule has 4 rings (SSSR count). The Hall–Kier alpha value is -2.72. The van der Waals surface area contributed by atoms with E-state index in [0.29, 0.717) is 30.2 Å². The van der Waals surface area contributed by atoms with Crippen molar-refractivity contribution in [3.05, 3.63) is 36.8 Å². The van der Waals surface area contributed by atoms with Crippen molar-refractivity contribution in [1.82, 2.24) is 19.5 Å². The van der Waals surface area contributed by atoms with Crippen LogP contribution in [0, 0.1) is 0 Å². The van der Waals surface area contributed by atoms with Gasteiger partial charge in [-0.05, 0) is 25.0 Å². The maximum atomic E-state index is 11.5. The number of nitrogens with zero attached hydrogens (tertiary/aromatic N) is 5. The second kappa shape index (κ2) is 8.57. The number of hydrogen-bond donors (Lipinski definition) is 1. The summed E-state index contributed by atoms with van der Waals surface area (Å²) in [4.78, 5) is 15.7. The van der Waals surface area contributed by atoms with E-state index in [4.69, 9.17) is 4.74 Å². The molecule has 0 aliphatic carbocycles. The molecule has 0 atom stereocenters. The average molecular weight is 431 g/mol. The van der Waals surface area contributed by atoms with Gasteiger partial charge >= 0.3 is 0 Å². The maximum absolute atomic E-state index is 11.5. The molecule has 0 spiro atoms. The summed E-state index contributed by atoms with van der Waals surface area (Å²) < 4.78 is 30.4. The molecule has 1 aliphatic heterocycles. The van der Waals surface area contributed by atoms with Gasteiger partial charge in [-0.1, -0.05) is 0 Å². The molecule has 30 heavy (non-hydrogen) atoms. The van der Waals surface area contributed by atoms with Gasteiger partial charge < -0.3 is 19.5 Å². The first-order valence-corrected chi connectivity index (χ1v) is 12.0. The van der Waals surface area contributed by atoms with Crippen molar-refractivity contribution in [1.29, 1.82) is 0 Å². The van der Waals surface area contributed by atoms with Crippen molar-refractivity contribution in [3.63, 3.8) is 0 Å². The smallest absolute Gasteiger partial charge is 0.227 e. The van der Waals surface area contributed by atoms with E-state index in [1.165, 1.54) is 6.26 Å². The Morgan fingerprint density at radius 2 is 2.00 bits per heavy atom. The van der Waals surface area contributed by atoms with Crippen LogP contribution in [0.4, 0.5) is 17.6 Å². The molecule has 3 aromatic heterocycles. The Morgan fingerprint density at radius 1 is 1.20 bits per heavy atom. The Morgan fingerprint density at radius 3 is 2.73 bits per heavy atom. The second-order valence-electron chi connectivity index (χ2n) is 7.56. The normalized spacial score (nSPS) is 15.6. The molecular weight excluding hydrogens is 404 g/mol. The van der Waals surface area contributed by atoms with E-state index in [-0.39, 0.29) is 5.75 Å². The number of sulfone groups is 1. The third kappa shape index (κ3) is 4.88. The van der Waals surface area contributed by atoms with E-state index < -0.39 is 9.84 Å². The molecule has 4 heterocycles. The highest BCUT2D eigenvalue weighted by Gasteiger charge is 2.20. The fraction of sp³-hybridized carbons (Fsp3) is 0.450. The quantitative estimate of drug-likeness (QED) is 0.609. The number of fused-ring (bicyclic) bond motifs is 1. The summed E-state index contributed by atoms with van der Waals surface area (Å²) in [5, 5.41) is 4.20. The van der Waals surface area contributed by atoms with Crippen LogP contribution in [0.5, 0.6) is 0 Å². The summed E-state index contributed by atoms with van der Waals surface area (Å²) in [6.07, 6.45) is 8.86. The minimum absolute atomic E-state index is 0.0941. The first-order valence-electron chi connectivity index (χ1n) is 9.92. The lowest BCUT2D eigenvalue weighted by atomic mass is 10.1. The van der Waals surface area contributed by atoms with Crippen LogP contribution in [0.15, 0.2) is 36.8 Å². The number of nitrogens with one attached hydrogen (secondary N) is 1. The molecule has 0 bridgehead atoms. The molecule has 1 fully saturated rings. The predicted octanol–water partition coefficient (Wildman–Crippen LogP) is 2.23. The van der Waals surface area contributed by atoms with E-state index >= 15 is 0 Å². The van der Waals surface area contributed by atoms with Crippen molar-refractivity contribution in [2.75, 3.05) is 42.4 Å².